The number of carbonyl (C=O) groups excluding carboxylic acids is 3. The van der Waals surface area contributed by atoms with E-state index in [2.05, 4.69) is 15.8 Å². The maximum Gasteiger partial charge on any atom is 0.251 e. The zero-order chi connectivity index (χ0) is 18.4. The highest BCUT2D eigenvalue weighted by molar-refractivity contribution is 5.97. The largest absolute Gasteiger partial charge is 0.360 e. The van der Waals surface area contributed by atoms with Crippen LogP contribution in [-0.4, -0.2) is 47.9 Å². The number of aromatic nitrogens is 1. The molecule has 0 bridgehead atoms. The van der Waals surface area contributed by atoms with Gasteiger partial charge in [0.25, 0.3) is 5.91 Å². The number of likely N-dealkylation sites (N-methyl/N-ethyl adjacent to an activating group) is 1. The number of nitrogens with zero attached hydrogens (tertiary/aromatic N) is 2. The minimum Gasteiger partial charge on any atom is -0.360 e. The van der Waals surface area contributed by atoms with Crippen LogP contribution in [-0.2, 0) is 9.59 Å². The van der Waals surface area contributed by atoms with Crippen LogP contribution in [0.5, 0.6) is 0 Å². The SMILES string of the molecule is Cc1cccc(C(=O)NCC(=O)N(C)CC(=O)Nc2cc(C)on2)c1. The first-order chi connectivity index (χ1) is 11.8. The van der Waals surface area contributed by atoms with E-state index < -0.39 is 5.91 Å². The zero-order valence-corrected chi connectivity index (χ0v) is 14.3. The average molecular weight is 344 g/mol. The van der Waals surface area contributed by atoms with E-state index in [1.807, 2.05) is 13.0 Å². The summed E-state index contributed by atoms with van der Waals surface area (Å²) in [6, 6.07) is 8.63. The molecule has 3 amide bonds. The molecule has 1 aromatic carbocycles. The summed E-state index contributed by atoms with van der Waals surface area (Å²) in [6.45, 7) is 3.23. The fourth-order valence-corrected chi connectivity index (χ4v) is 2.09. The molecule has 2 rings (SSSR count). The van der Waals surface area contributed by atoms with Gasteiger partial charge in [-0.05, 0) is 26.0 Å². The van der Waals surface area contributed by atoms with Crippen molar-refractivity contribution < 1.29 is 18.9 Å². The van der Waals surface area contributed by atoms with E-state index in [0.29, 0.717) is 11.3 Å². The number of anilines is 1. The highest BCUT2D eigenvalue weighted by Gasteiger charge is 2.15. The fourth-order valence-electron chi connectivity index (χ4n) is 2.09. The first kappa shape index (κ1) is 18.2. The second-order valence-corrected chi connectivity index (χ2v) is 5.67. The summed E-state index contributed by atoms with van der Waals surface area (Å²) in [5.74, 6) is -0.274. The molecule has 0 atom stereocenters. The van der Waals surface area contributed by atoms with Gasteiger partial charge < -0.3 is 20.1 Å². The lowest BCUT2D eigenvalue weighted by atomic mass is 10.1. The van der Waals surface area contributed by atoms with Gasteiger partial charge in [-0.1, -0.05) is 22.9 Å². The van der Waals surface area contributed by atoms with Crippen LogP contribution >= 0.6 is 0 Å². The third-order valence-electron chi connectivity index (χ3n) is 3.38. The molecule has 0 fully saturated rings. The molecule has 2 aromatic rings. The maximum atomic E-state index is 12.0. The summed E-state index contributed by atoms with van der Waals surface area (Å²) in [5, 5.41) is 8.71. The van der Waals surface area contributed by atoms with Crippen LogP contribution in [0, 0.1) is 13.8 Å². The molecular weight excluding hydrogens is 324 g/mol. The number of rotatable bonds is 6. The van der Waals surface area contributed by atoms with Gasteiger partial charge in [-0.15, -0.1) is 0 Å². The Morgan fingerprint density at radius 1 is 1.20 bits per heavy atom. The van der Waals surface area contributed by atoms with Gasteiger partial charge in [0, 0.05) is 18.7 Å². The lowest BCUT2D eigenvalue weighted by Crippen LogP contribution is -2.41. The minimum atomic E-state index is -0.408. The van der Waals surface area contributed by atoms with E-state index in [9.17, 15) is 14.4 Å². The van der Waals surface area contributed by atoms with E-state index in [1.165, 1.54) is 11.9 Å². The number of hydrogen-bond donors (Lipinski definition) is 2. The molecule has 0 radical (unpaired) electrons. The van der Waals surface area contributed by atoms with E-state index in [-0.39, 0.29) is 30.7 Å². The van der Waals surface area contributed by atoms with Crippen molar-refractivity contribution >= 4 is 23.5 Å². The molecule has 0 aliphatic rings. The van der Waals surface area contributed by atoms with Crippen molar-refractivity contribution in [2.45, 2.75) is 13.8 Å². The van der Waals surface area contributed by atoms with Crippen molar-refractivity contribution in [2.75, 3.05) is 25.5 Å². The van der Waals surface area contributed by atoms with Crippen LogP contribution < -0.4 is 10.6 Å². The summed E-state index contributed by atoms with van der Waals surface area (Å²) in [7, 11) is 1.48. The Hall–Kier alpha value is -3.16. The number of aryl methyl sites for hydroxylation is 2. The van der Waals surface area contributed by atoms with Crippen LogP contribution in [0.15, 0.2) is 34.9 Å². The lowest BCUT2D eigenvalue weighted by molar-refractivity contribution is -0.132. The molecule has 0 unspecified atom stereocenters. The second-order valence-electron chi connectivity index (χ2n) is 5.67. The molecule has 25 heavy (non-hydrogen) atoms. The van der Waals surface area contributed by atoms with E-state index in [4.69, 9.17) is 4.52 Å². The Labute approximate surface area is 145 Å². The van der Waals surface area contributed by atoms with Crippen LogP contribution in [0.1, 0.15) is 21.7 Å². The van der Waals surface area contributed by atoms with Crippen molar-refractivity contribution in [1.82, 2.24) is 15.4 Å². The molecule has 0 saturated carbocycles. The first-order valence-corrected chi connectivity index (χ1v) is 7.67. The highest BCUT2D eigenvalue weighted by atomic mass is 16.5. The average Bonchev–Trinajstić information content (AvgIpc) is 2.96. The van der Waals surface area contributed by atoms with Crippen LogP contribution in [0.4, 0.5) is 5.82 Å². The zero-order valence-electron chi connectivity index (χ0n) is 14.3. The standard InChI is InChI=1S/C17H20N4O4/c1-11-5-4-6-13(7-11)17(24)18-9-16(23)21(3)10-15(22)19-14-8-12(2)25-20-14/h4-8H,9-10H2,1-3H3,(H,18,24)(H,19,20,22). The van der Waals surface area contributed by atoms with Crippen molar-refractivity contribution in [2.24, 2.45) is 0 Å². The molecule has 8 nitrogen and oxygen atoms in total. The number of benzene rings is 1. The maximum absolute atomic E-state index is 12.0. The van der Waals surface area contributed by atoms with Gasteiger partial charge in [0.15, 0.2) is 5.82 Å². The van der Waals surface area contributed by atoms with Crippen LogP contribution in [0.25, 0.3) is 0 Å². The Morgan fingerprint density at radius 2 is 1.96 bits per heavy atom. The number of amides is 3. The van der Waals surface area contributed by atoms with Gasteiger partial charge in [0.1, 0.15) is 5.76 Å². The van der Waals surface area contributed by atoms with Crippen molar-refractivity contribution in [3.63, 3.8) is 0 Å². The Balaban J connectivity index is 1.79. The summed E-state index contributed by atoms with van der Waals surface area (Å²) in [6.07, 6.45) is 0. The van der Waals surface area contributed by atoms with E-state index >= 15 is 0 Å². The first-order valence-electron chi connectivity index (χ1n) is 7.67. The fraction of sp³-hybridized carbons (Fsp3) is 0.294. The quantitative estimate of drug-likeness (QED) is 0.817. The Kier molecular flexibility index (Phi) is 5.89. The van der Waals surface area contributed by atoms with E-state index in [0.717, 1.165) is 5.56 Å². The predicted molar refractivity (Wildman–Crippen MR) is 91.0 cm³/mol. The molecule has 0 saturated heterocycles. The minimum absolute atomic E-state index is 0.162. The van der Waals surface area contributed by atoms with E-state index in [1.54, 1.807) is 31.2 Å². The van der Waals surface area contributed by atoms with Gasteiger partial charge in [0.05, 0.1) is 13.1 Å². The smallest absolute Gasteiger partial charge is 0.251 e. The van der Waals surface area contributed by atoms with Crippen LogP contribution in [0.3, 0.4) is 0 Å². The van der Waals surface area contributed by atoms with Crippen molar-refractivity contribution in [1.29, 1.82) is 0 Å². The third kappa shape index (κ3) is 5.45. The van der Waals surface area contributed by atoms with Gasteiger partial charge in [-0.3, -0.25) is 14.4 Å². The topological polar surface area (TPSA) is 105 Å². The molecule has 8 heteroatoms. The Morgan fingerprint density at radius 3 is 2.60 bits per heavy atom. The molecule has 0 aliphatic heterocycles. The monoisotopic (exact) mass is 344 g/mol. The normalized spacial score (nSPS) is 10.2. The summed E-state index contributed by atoms with van der Waals surface area (Å²) >= 11 is 0. The summed E-state index contributed by atoms with van der Waals surface area (Å²) in [5.41, 5.74) is 1.44. The molecule has 1 aromatic heterocycles. The van der Waals surface area contributed by atoms with Gasteiger partial charge in [-0.2, -0.15) is 0 Å². The lowest BCUT2D eigenvalue weighted by Gasteiger charge is -2.16. The number of carbonyl (C=O) groups is 3. The predicted octanol–water partition coefficient (Wildman–Crippen LogP) is 1.12. The number of hydrogen-bond acceptors (Lipinski definition) is 5. The van der Waals surface area contributed by atoms with Gasteiger partial charge in [0.2, 0.25) is 11.8 Å². The number of nitrogens with one attached hydrogen (secondary N) is 2. The van der Waals surface area contributed by atoms with Gasteiger partial charge in [-0.25, -0.2) is 0 Å². The summed E-state index contributed by atoms with van der Waals surface area (Å²) in [4.78, 5) is 37.1. The molecule has 2 N–H and O–H groups in total. The molecule has 1 heterocycles. The van der Waals surface area contributed by atoms with Gasteiger partial charge >= 0.3 is 0 Å². The Bertz CT molecular complexity index is 784. The third-order valence-corrected chi connectivity index (χ3v) is 3.38. The molecular formula is C17H20N4O4. The van der Waals surface area contributed by atoms with Crippen molar-refractivity contribution in [3.05, 3.63) is 47.2 Å². The molecule has 0 spiro atoms. The second kappa shape index (κ2) is 8.09. The molecule has 0 aliphatic carbocycles. The molecule has 132 valence electrons. The highest BCUT2D eigenvalue weighted by Crippen LogP contribution is 2.07. The van der Waals surface area contributed by atoms with Crippen molar-refractivity contribution in [3.8, 4) is 0 Å². The summed E-state index contributed by atoms with van der Waals surface area (Å²) < 4.78 is 4.84. The van der Waals surface area contributed by atoms with Crippen LogP contribution in [0.2, 0.25) is 0 Å².